The lowest BCUT2D eigenvalue weighted by Crippen LogP contribution is -2.53. The van der Waals surface area contributed by atoms with Gasteiger partial charge in [-0.3, -0.25) is 19.5 Å². The van der Waals surface area contributed by atoms with E-state index in [1.165, 1.54) is 4.68 Å². The summed E-state index contributed by atoms with van der Waals surface area (Å²) >= 11 is 6.41. The van der Waals surface area contributed by atoms with Crippen molar-refractivity contribution in [3.8, 4) is 23.7 Å². The number of carbonyl (C=O) groups excluding carboxylic acids is 2. The van der Waals surface area contributed by atoms with Crippen LogP contribution in [0.25, 0.3) is 11.4 Å². The summed E-state index contributed by atoms with van der Waals surface area (Å²) < 4.78 is 1.51. The molecular formula is C35H43ClN8O3. The van der Waals surface area contributed by atoms with Crippen LogP contribution in [0.1, 0.15) is 49.3 Å². The zero-order chi connectivity index (χ0) is 32.9. The van der Waals surface area contributed by atoms with E-state index in [4.69, 9.17) is 23.8 Å². The summed E-state index contributed by atoms with van der Waals surface area (Å²) in [6, 6.07) is 13.4. The molecule has 1 aromatic heterocycles. The average Bonchev–Trinajstić information content (AvgIpc) is 3.51. The minimum Gasteiger partial charge on any atom is -0.397 e. The van der Waals surface area contributed by atoms with E-state index < -0.39 is 5.92 Å². The Morgan fingerprint density at radius 3 is 2.32 bits per heavy atom. The number of aromatic amines is 1. The van der Waals surface area contributed by atoms with Crippen LogP contribution in [0.2, 0.25) is 5.02 Å². The summed E-state index contributed by atoms with van der Waals surface area (Å²) in [7, 11) is 0. The Bertz CT molecular complexity index is 1660. The molecule has 2 amide bonds. The quantitative estimate of drug-likeness (QED) is 0.251. The number of nitrogens with two attached hydrogens (primary N) is 1. The Hall–Kier alpha value is -4.11. The number of nitrogens with one attached hydrogen (secondary N) is 2. The second kappa shape index (κ2) is 14.8. The summed E-state index contributed by atoms with van der Waals surface area (Å²) in [4.78, 5) is 49.7. The maximum atomic E-state index is 14.1. The van der Waals surface area contributed by atoms with E-state index in [9.17, 15) is 14.4 Å². The van der Waals surface area contributed by atoms with Crippen LogP contribution in [0, 0.1) is 18.3 Å². The summed E-state index contributed by atoms with van der Waals surface area (Å²) in [5.41, 5.74) is 8.25. The number of rotatable bonds is 8. The van der Waals surface area contributed by atoms with Crippen molar-refractivity contribution in [2.75, 3.05) is 58.1 Å². The van der Waals surface area contributed by atoms with Gasteiger partial charge >= 0.3 is 5.69 Å². The number of piperidine rings is 2. The number of hydrogen-bond acceptors (Lipinski definition) is 7. The van der Waals surface area contributed by atoms with Crippen LogP contribution in [-0.4, -0.2) is 99.7 Å². The van der Waals surface area contributed by atoms with Crippen LogP contribution >= 0.6 is 11.6 Å². The normalized spacial score (nSPS) is 19.0. The molecular weight excluding hydrogens is 616 g/mol. The molecule has 2 aromatic carbocycles. The van der Waals surface area contributed by atoms with Crippen LogP contribution < -0.4 is 16.7 Å². The van der Waals surface area contributed by atoms with E-state index >= 15 is 0 Å². The molecule has 12 heteroatoms. The fourth-order valence-corrected chi connectivity index (χ4v) is 7.45. The van der Waals surface area contributed by atoms with Crippen molar-refractivity contribution in [2.24, 2.45) is 5.92 Å². The lowest BCUT2D eigenvalue weighted by molar-refractivity contribution is -0.143. The molecule has 0 aliphatic carbocycles. The van der Waals surface area contributed by atoms with Crippen molar-refractivity contribution >= 4 is 29.1 Å². The second-order valence-electron chi connectivity index (χ2n) is 12.8. The molecule has 3 aliphatic heterocycles. The Morgan fingerprint density at radius 1 is 0.979 bits per heavy atom. The SMILES string of the molecule is C#Cc1cc(C[C@@H](CC(=O)N2CCC(n3nc(-c4ccccc4)[nH]c3=O)CC2)C(=O)N2CCC(N3CCNCC3)CC2)cc(Cl)c1N. The first-order valence-corrected chi connectivity index (χ1v) is 17.0. The van der Waals surface area contributed by atoms with Gasteiger partial charge in [-0.15, -0.1) is 11.5 Å². The maximum Gasteiger partial charge on any atom is 0.343 e. The van der Waals surface area contributed by atoms with Crippen molar-refractivity contribution in [3.05, 3.63) is 69.1 Å². The van der Waals surface area contributed by atoms with Gasteiger partial charge in [0.25, 0.3) is 0 Å². The molecule has 3 fully saturated rings. The topological polar surface area (TPSA) is 133 Å². The first-order chi connectivity index (χ1) is 22.8. The summed E-state index contributed by atoms with van der Waals surface area (Å²) in [5, 5.41) is 8.31. The average molecular weight is 659 g/mol. The molecule has 248 valence electrons. The summed E-state index contributed by atoms with van der Waals surface area (Å²) in [6.07, 6.45) is 9.14. The molecule has 0 saturated carbocycles. The van der Waals surface area contributed by atoms with Gasteiger partial charge in [0.05, 0.1) is 22.7 Å². The number of terminal acetylenes is 1. The Balaban J connectivity index is 1.12. The molecule has 0 spiro atoms. The molecule has 3 saturated heterocycles. The molecule has 4 N–H and O–H groups in total. The van der Waals surface area contributed by atoms with Crippen LogP contribution in [-0.2, 0) is 16.0 Å². The standard InChI is InChI=1S/C35H43ClN8O3/c1-2-25-20-24(22-30(36)32(25)37)21-27(34(46)43-16-8-28(9-17-43)41-18-12-38-13-19-41)23-31(45)42-14-10-29(11-15-42)44-35(47)39-33(40-44)26-6-4-3-5-7-26/h1,3-7,20,22,27-29,38H,8-19,21,23,37H2,(H,39,40,47)/t27-/m0/s1. The molecule has 47 heavy (non-hydrogen) atoms. The van der Waals surface area contributed by atoms with E-state index in [1.54, 1.807) is 12.1 Å². The highest BCUT2D eigenvalue weighted by atomic mass is 35.5. The number of nitrogen functional groups attached to an aromatic ring is 1. The summed E-state index contributed by atoms with van der Waals surface area (Å²) in [6.45, 7) is 6.37. The maximum absolute atomic E-state index is 14.1. The zero-order valence-electron chi connectivity index (χ0n) is 26.7. The number of anilines is 1. The van der Waals surface area contributed by atoms with Gasteiger partial charge in [-0.2, -0.15) is 0 Å². The van der Waals surface area contributed by atoms with Gasteiger partial charge in [0.2, 0.25) is 11.8 Å². The minimum atomic E-state index is -0.566. The third-order valence-electron chi connectivity index (χ3n) is 9.89. The first kappa shape index (κ1) is 32.8. The Kier molecular flexibility index (Phi) is 10.3. The number of piperazine rings is 1. The molecule has 0 radical (unpaired) electrons. The number of H-pyrrole nitrogens is 1. The van der Waals surface area contributed by atoms with Gasteiger partial charge in [-0.1, -0.05) is 47.9 Å². The molecule has 1 atom stereocenters. The smallest absolute Gasteiger partial charge is 0.343 e. The number of amides is 2. The molecule has 4 heterocycles. The number of likely N-dealkylation sites (tertiary alicyclic amines) is 2. The van der Waals surface area contributed by atoms with E-state index in [2.05, 4.69) is 26.2 Å². The van der Waals surface area contributed by atoms with Crippen LogP contribution in [0.15, 0.2) is 47.3 Å². The Labute approximate surface area is 280 Å². The monoisotopic (exact) mass is 658 g/mol. The molecule has 11 nitrogen and oxygen atoms in total. The molecule has 3 aliphatic rings. The fraction of sp³-hybridized carbons (Fsp3) is 0.486. The lowest BCUT2D eigenvalue weighted by atomic mass is 9.91. The highest BCUT2D eigenvalue weighted by molar-refractivity contribution is 6.33. The predicted molar refractivity (Wildman–Crippen MR) is 183 cm³/mol. The van der Waals surface area contributed by atoms with Gasteiger partial charge in [0.15, 0.2) is 5.82 Å². The number of halogens is 1. The van der Waals surface area contributed by atoms with Gasteiger partial charge in [0, 0.05) is 75.9 Å². The molecule has 0 unspecified atom stereocenters. The summed E-state index contributed by atoms with van der Waals surface area (Å²) in [5.74, 6) is 2.46. The minimum absolute atomic E-state index is 0.0151. The van der Waals surface area contributed by atoms with Crippen molar-refractivity contribution in [1.82, 2.24) is 34.8 Å². The number of aromatic nitrogens is 3. The third kappa shape index (κ3) is 7.56. The highest BCUT2D eigenvalue weighted by Gasteiger charge is 2.34. The van der Waals surface area contributed by atoms with Crippen molar-refractivity contribution < 1.29 is 9.59 Å². The van der Waals surface area contributed by atoms with Crippen LogP contribution in [0.4, 0.5) is 5.69 Å². The fourth-order valence-electron chi connectivity index (χ4n) is 7.21. The van der Waals surface area contributed by atoms with E-state index in [-0.39, 0.29) is 30.0 Å². The second-order valence-corrected chi connectivity index (χ2v) is 13.2. The van der Waals surface area contributed by atoms with Crippen LogP contribution in [0.3, 0.4) is 0 Å². The van der Waals surface area contributed by atoms with Gasteiger partial charge in [-0.05, 0) is 49.8 Å². The van der Waals surface area contributed by atoms with Crippen molar-refractivity contribution in [1.29, 1.82) is 0 Å². The predicted octanol–water partition coefficient (Wildman–Crippen LogP) is 2.76. The first-order valence-electron chi connectivity index (χ1n) is 16.6. The molecule has 0 bridgehead atoms. The number of nitrogens with zero attached hydrogens (tertiary/aromatic N) is 5. The third-order valence-corrected chi connectivity index (χ3v) is 10.2. The zero-order valence-corrected chi connectivity index (χ0v) is 27.4. The van der Waals surface area contributed by atoms with Gasteiger partial charge in [-0.25, -0.2) is 9.48 Å². The van der Waals surface area contributed by atoms with E-state index in [0.29, 0.717) is 73.6 Å². The van der Waals surface area contributed by atoms with Crippen molar-refractivity contribution in [2.45, 2.75) is 50.6 Å². The lowest BCUT2D eigenvalue weighted by Gasteiger charge is -2.41. The highest BCUT2D eigenvalue weighted by Crippen LogP contribution is 2.29. The van der Waals surface area contributed by atoms with E-state index in [0.717, 1.165) is 50.1 Å². The van der Waals surface area contributed by atoms with E-state index in [1.807, 2.05) is 40.1 Å². The molecule has 3 aromatic rings. The van der Waals surface area contributed by atoms with Gasteiger partial charge < -0.3 is 20.9 Å². The van der Waals surface area contributed by atoms with Crippen LogP contribution in [0.5, 0.6) is 0 Å². The number of carbonyl (C=O) groups is 2. The largest absolute Gasteiger partial charge is 0.397 e. The van der Waals surface area contributed by atoms with Crippen molar-refractivity contribution in [3.63, 3.8) is 0 Å². The van der Waals surface area contributed by atoms with Gasteiger partial charge in [0.1, 0.15) is 0 Å². The molecule has 6 rings (SSSR count). The number of hydrogen-bond donors (Lipinski definition) is 3. The number of benzene rings is 2. The Morgan fingerprint density at radius 2 is 1.64 bits per heavy atom.